The maximum Gasteiger partial charge on any atom is 0.697 e. The van der Waals surface area contributed by atoms with Crippen molar-refractivity contribution in [2.45, 2.75) is 64.1 Å². The zero-order valence-electron chi connectivity index (χ0n) is 17.7. The third-order valence-corrected chi connectivity index (χ3v) is 5.65. The maximum atomic E-state index is 15.9. The highest BCUT2D eigenvalue weighted by atomic mass is 31.1. The van der Waals surface area contributed by atoms with Crippen LogP contribution in [0, 0.1) is 0 Å². The first-order chi connectivity index (χ1) is 14.8. The lowest BCUT2D eigenvalue weighted by atomic mass is 9.98. The molecule has 3 heterocycles. The van der Waals surface area contributed by atoms with Gasteiger partial charge in [0.2, 0.25) is 11.8 Å². The predicted octanol–water partition coefficient (Wildman–Crippen LogP) is 2.67. The average Bonchev–Trinajstić information content (AvgIpc) is 3.24. The number of hydrogen-bond donors (Lipinski definition) is 2. The molecule has 0 aromatic carbocycles. The summed E-state index contributed by atoms with van der Waals surface area (Å²) >= 11 is 0. The van der Waals surface area contributed by atoms with Crippen LogP contribution in [0.2, 0.25) is 0 Å². The topological polar surface area (TPSA) is 144 Å². The fourth-order valence-corrected chi connectivity index (χ4v) is 4.17. The molecule has 2 aromatic heterocycles. The molecule has 0 bridgehead atoms. The lowest BCUT2D eigenvalue weighted by Crippen LogP contribution is -2.41. The van der Waals surface area contributed by atoms with Crippen LogP contribution in [0.15, 0.2) is 6.33 Å². The number of ether oxygens (including phenoxy) is 2. The van der Waals surface area contributed by atoms with Crippen molar-refractivity contribution in [1.29, 1.82) is 0 Å². The Balaban J connectivity index is 1.89. The van der Waals surface area contributed by atoms with Crippen LogP contribution in [0.5, 0.6) is 5.88 Å². The minimum atomic E-state index is -2.59. The van der Waals surface area contributed by atoms with Gasteiger partial charge in [-0.05, 0) is 19.8 Å². The molecule has 172 valence electrons. The zero-order valence-corrected chi connectivity index (χ0v) is 18.6. The van der Waals surface area contributed by atoms with Crippen LogP contribution in [-0.4, -0.2) is 62.3 Å². The number of imidazole rings is 1. The standard InChI is InChI=1S/C18H28FN5O6P/c1-4-6-8-28-31(26)30-13-11(9-25)29-16(18(13,3)19)24-10-21-12-14(24)22-17(20)23-15(12)27-7-5-2/h10-11,13,16,25H,4-9H2,1-3H3,(H2,20,22,23)/q+1/t11-,13-,16-,18-/m1/s1. The fraction of sp³-hybridized carbons (Fsp3) is 0.722. The number of nitrogen functional groups attached to an aromatic ring is 1. The van der Waals surface area contributed by atoms with Crippen LogP contribution in [0.1, 0.15) is 46.3 Å². The highest BCUT2D eigenvalue weighted by molar-refractivity contribution is 7.33. The highest BCUT2D eigenvalue weighted by Crippen LogP contribution is 2.47. The Hall–Kier alpha value is -1.98. The molecule has 0 radical (unpaired) electrons. The summed E-state index contributed by atoms with van der Waals surface area (Å²) in [5, 5.41) is 9.71. The molecule has 5 atom stereocenters. The van der Waals surface area contributed by atoms with Gasteiger partial charge in [-0.1, -0.05) is 20.3 Å². The molecule has 0 spiro atoms. The smallest absolute Gasteiger partial charge is 0.476 e. The number of aromatic nitrogens is 4. The minimum Gasteiger partial charge on any atom is -0.476 e. The van der Waals surface area contributed by atoms with Crippen molar-refractivity contribution >= 4 is 25.4 Å². The molecule has 31 heavy (non-hydrogen) atoms. The van der Waals surface area contributed by atoms with Crippen molar-refractivity contribution in [3.63, 3.8) is 0 Å². The van der Waals surface area contributed by atoms with E-state index in [9.17, 15) is 9.67 Å². The normalized spacial score (nSPS) is 26.5. The SMILES string of the molecule is CCCCO[P+](=O)O[C@@H]1[C@@H](CO)O[C@@H](n2cnc3c(OCCC)nc(N)nc32)[C@]1(C)F. The summed E-state index contributed by atoms with van der Waals surface area (Å²) in [6, 6.07) is 0. The Bertz CT molecular complexity index is 913. The predicted molar refractivity (Wildman–Crippen MR) is 109 cm³/mol. The minimum absolute atomic E-state index is 0.0715. The number of nitrogens with zero attached hydrogens (tertiary/aromatic N) is 4. The van der Waals surface area contributed by atoms with Crippen LogP contribution >= 0.6 is 8.25 Å². The Morgan fingerprint density at radius 2 is 2.13 bits per heavy atom. The summed E-state index contributed by atoms with van der Waals surface area (Å²) in [4.78, 5) is 12.4. The largest absolute Gasteiger partial charge is 0.697 e. The monoisotopic (exact) mass is 460 g/mol. The van der Waals surface area contributed by atoms with Gasteiger partial charge in [0.15, 0.2) is 29.2 Å². The molecule has 0 amide bonds. The lowest BCUT2D eigenvalue weighted by molar-refractivity contribution is -0.0566. The van der Waals surface area contributed by atoms with Gasteiger partial charge >= 0.3 is 8.25 Å². The molecule has 11 nitrogen and oxygen atoms in total. The number of anilines is 1. The van der Waals surface area contributed by atoms with Crippen LogP contribution in [0.4, 0.5) is 10.3 Å². The second-order valence-electron chi connectivity index (χ2n) is 7.36. The van der Waals surface area contributed by atoms with Gasteiger partial charge in [0.25, 0.3) is 0 Å². The van der Waals surface area contributed by atoms with Crippen molar-refractivity contribution in [3.05, 3.63) is 6.33 Å². The Kier molecular flexibility index (Phi) is 7.71. The molecule has 1 fully saturated rings. The van der Waals surface area contributed by atoms with E-state index >= 15 is 4.39 Å². The van der Waals surface area contributed by atoms with Crippen LogP contribution in [0.25, 0.3) is 11.2 Å². The van der Waals surface area contributed by atoms with Crippen LogP contribution in [-0.2, 0) is 18.3 Å². The summed E-state index contributed by atoms with van der Waals surface area (Å²) in [5.74, 6) is 0.110. The molecule has 2 aromatic rings. The molecular formula is C18H28FN5O6P+. The second-order valence-corrected chi connectivity index (χ2v) is 8.27. The molecule has 13 heteroatoms. The van der Waals surface area contributed by atoms with E-state index in [0.29, 0.717) is 18.5 Å². The summed E-state index contributed by atoms with van der Waals surface area (Å²) in [5.41, 5.74) is 4.09. The lowest BCUT2D eigenvalue weighted by Gasteiger charge is -2.24. The van der Waals surface area contributed by atoms with Gasteiger partial charge < -0.3 is 20.3 Å². The van der Waals surface area contributed by atoms with Crippen molar-refractivity contribution in [1.82, 2.24) is 19.5 Å². The molecule has 1 unspecified atom stereocenters. The van der Waals surface area contributed by atoms with Crippen molar-refractivity contribution in [2.75, 3.05) is 25.6 Å². The van der Waals surface area contributed by atoms with E-state index < -0.39 is 39.0 Å². The first kappa shape index (κ1) is 23.7. The van der Waals surface area contributed by atoms with E-state index in [1.54, 1.807) is 0 Å². The fourth-order valence-electron chi connectivity index (χ4n) is 3.31. The van der Waals surface area contributed by atoms with E-state index in [4.69, 9.17) is 24.3 Å². The average molecular weight is 460 g/mol. The Morgan fingerprint density at radius 1 is 1.35 bits per heavy atom. The third-order valence-electron chi connectivity index (χ3n) is 4.86. The number of rotatable bonds is 11. The van der Waals surface area contributed by atoms with Crippen molar-refractivity contribution in [3.8, 4) is 5.88 Å². The molecular weight excluding hydrogens is 432 g/mol. The van der Waals surface area contributed by atoms with Gasteiger partial charge in [0, 0.05) is 4.57 Å². The number of fused-ring (bicyclic) bond motifs is 1. The van der Waals surface area contributed by atoms with E-state index in [1.807, 2.05) is 13.8 Å². The van der Waals surface area contributed by atoms with Gasteiger partial charge in [0.1, 0.15) is 12.7 Å². The molecule has 0 aliphatic carbocycles. The number of halogens is 1. The number of aliphatic hydroxyl groups excluding tert-OH is 1. The van der Waals surface area contributed by atoms with Gasteiger partial charge in [-0.15, -0.1) is 9.05 Å². The molecule has 1 aliphatic heterocycles. The maximum absolute atomic E-state index is 15.9. The molecule has 3 N–H and O–H groups in total. The second kappa shape index (κ2) is 10.1. The van der Waals surface area contributed by atoms with Gasteiger partial charge in [0.05, 0.1) is 19.5 Å². The summed E-state index contributed by atoms with van der Waals surface area (Å²) in [6.07, 6.45) is -0.103. The molecule has 1 aliphatic rings. The number of alkyl halides is 1. The van der Waals surface area contributed by atoms with Gasteiger partial charge in [-0.3, -0.25) is 4.57 Å². The van der Waals surface area contributed by atoms with E-state index in [1.165, 1.54) is 17.8 Å². The quantitative estimate of drug-likeness (QED) is 0.379. The van der Waals surface area contributed by atoms with E-state index in [-0.39, 0.29) is 24.1 Å². The summed E-state index contributed by atoms with van der Waals surface area (Å²) in [6.45, 7) is 5.20. The Labute approximate surface area is 180 Å². The number of hydrogen-bond acceptors (Lipinski definition) is 10. The first-order valence-corrected chi connectivity index (χ1v) is 11.3. The van der Waals surface area contributed by atoms with E-state index in [0.717, 1.165) is 12.8 Å². The molecule has 3 rings (SSSR count). The van der Waals surface area contributed by atoms with Gasteiger partial charge in [-0.2, -0.15) is 9.97 Å². The van der Waals surface area contributed by atoms with Crippen molar-refractivity contribution < 1.29 is 32.6 Å². The first-order valence-electron chi connectivity index (χ1n) is 10.2. The van der Waals surface area contributed by atoms with Gasteiger partial charge in [-0.25, -0.2) is 9.37 Å². The zero-order chi connectivity index (χ0) is 22.6. The van der Waals surface area contributed by atoms with Crippen molar-refractivity contribution in [2.24, 2.45) is 0 Å². The van der Waals surface area contributed by atoms with Crippen LogP contribution < -0.4 is 10.5 Å². The number of nitrogens with two attached hydrogens (primary N) is 1. The Morgan fingerprint density at radius 3 is 2.81 bits per heavy atom. The third kappa shape index (κ3) is 4.93. The molecule has 1 saturated heterocycles. The summed E-state index contributed by atoms with van der Waals surface area (Å²) in [7, 11) is -2.59. The van der Waals surface area contributed by atoms with Crippen LogP contribution in [0.3, 0.4) is 0 Å². The summed E-state index contributed by atoms with van der Waals surface area (Å²) < 4.78 is 51.1. The highest BCUT2D eigenvalue weighted by Gasteiger charge is 2.60. The number of aliphatic hydroxyl groups is 1. The molecule has 0 saturated carbocycles. The van der Waals surface area contributed by atoms with E-state index in [2.05, 4.69) is 15.0 Å². The number of unbranched alkanes of at least 4 members (excludes halogenated alkanes) is 1.